The van der Waals surface area contributed by atoms with Gasteiger partial charge in [0.1, 0.15) is 12.4 Å². The Morgan fingerprint density at radius 2 is 2.09 bits per heavy atom. The highest BCUT2D eigenvalue weighted by atomic mass is 32.2. The molecule has 23 heavy (non-hydrogen) atoms. The Hall–Kier alpha value is -1.82. The van der Waals surface area contributed by atoms with Crippen LogP contribution in [0.3, 0.4) is 0 Å². The van der Waals surface area contributed by atoms with Crippen LogP contribution in [0.1, 0.15) is 53.8 Å². The smallest absolute Gasteiger partial charge is 0.237 e. The van der Waals surface area contributed by atoms with Gasteiger partial charge in [-0.2, -0.15) is 0 Å². The van der Waals surface area contributed by atoms with E-state index in [1.165, 1.54) is 17.5 Å². The number of hydrogen-bond acceptors (Lipinski definition) is 4. The maximum Gasteiger partial charge on any atom is 0.237 e. The van der Waals surface area contributed by atoms with Crippen molar-refractivity contribution >= 4 is 17.7 Å². The Morgan fingerprint density at radius 1 is 1.26 bits per heavy atom. The van der Waals surface area contributed by atoms with E-state index in [-0.39, 0.29) is 12.5 Å². The molecule has 1 atom stereocenters. The van der Waals surface area contributed by atoms with E-state index in [4.69, 9.17) is 5.73 Å². The second-order valence-electron chi connectivity index (χ2n) is 6.37. The molecule has 1 aromatic heterocycles. The molecule has 1 saturated carbocycles. The first-order valence-corrected chi connectivity index (χ1v) is 9.06. The van der Waals surface area contributed by atoms with Gasteiger partial charge in [0.25, 0.3) is 0 Å². The molecule has 1 amide bonds. The molecule has 4 rings (SSSR count). The van der Waals surface area contributed by atoms with Crippen LogP contribution in [0.15, 0.2) is 29.4 Å². The largest absolute Gasteiger partial charge is 0.368 e. The van der Waals surface area contributed by atoms with Crippen molar-refractivity contribution in [1.82, 2.24) is 14.8 Å². The Kier molecular flexibility index (Phi) is 3.85. The number of benzene rings is 1. The van der Waals surface area contributed by atoms with Gasteiger partial charge < -0.3 is 5.73 Å². The molecule has 2 N–H and O–H groups in total. The normalized spacial score (nSPS) is 20.3. The van der Waals surface area contributed by atoms with Crippen LogP contribution < -0.4 is 5.73 Å². The van der Waals surface area contributed by atoms with Crippen molar-refractivity contribution in [2.45, 2.75) is 55.0 Å². The lowest BCUT2D eigenvalue weighted by Gasteiger charge is -2.24. The van der Waals surface area contributed by atoms with E-state index in [0.29, 0.717) is 11.2 Å². The van der Waals surface area contributed by atoms with Gasteiger partial charge in [0.05, 0.1) is 0 Å². The molecule has 2 aliphatic rings. The van der Waals surface area contributed by atoms with Crippen LogP contribution in [-0.4, -0.2) is 20.7 Å². The van der Waals surface area contributed by atoms with E-state index in [1.807, 2.05) is 4.57 Å². The third kappa shape index (κ3) is 3.00. The first kappa shape index (κ1) is 14.8. The predicted octanol–water partition coefficient (Wildman–Crippen LogP) is 2.81. The standard InChI is InChI=1S/C17H20N4OS/c18-15(22)10-21-16(12-8-9-12)19-20-17(21)23-14-7-3-5-11-4-1-2-6-13(11)14/h1-2,4,6,12,14H,3,5,7-10H2,(H2,18,22)/t14-/m1/s1. The molecule has 1 heterocycles. The van der Waals surface area contributed by atoms with Gasteiger partial charge in [-0.05, 0) is 43.2 Å². The highest BCUT2D eigenvalue weighted by molar-refractivity contribution is 7.99. The monoisotopic (exact) mass is 328 g/mol. The van der Waals surface area contributed by atoms with Crippen LogP contribution >= 0.6 is 11.8 Å². The Balaban J connectivity index is 1.63. The molecular formula is C17H20N4OS. The van der Waals surface area contributed by atoms with Gasteiger partial charge in [-0.1, -0.05) is 36.0 Å². The Labute approximate surface area is 139 Å². The van der Waals surface area contributed by atoms with Crippen LogP contribution in [0, 0.1) is 0 Å². The highest BCUT2D eigenvalue weighted by Gasteiger charge is 2.32. The second-order valence-corrected chi connectivity index (χ2v) is 7.53. The van der Waals surface area contributed by atoms with Crippen LogP contribution in [0.25, 0.3) is 0 Å². The SMILES string of the molecule is NC(=O)Cn1c(S[C@@H]2CCCc3ccccc32)nnc1C1CC1. The summed E-state index contributed by atoms with van der Waals surface area (Å²) in [4.78, 5) is 11.4. The zero-order valence-electron chi connectivity index (χ0n) is 12.9. The number of nitrogens with two attached hydrogens (primary N) is 1. The molecule has 2 aliphatic carbocycles. The zero-order valence-corrected chi connectivity index (χ0v) is 13.8. The summed E-state index contributed by atoms with van der Waals surface area (Å²) in [6, 6.07) is 8.63. The average Bonchev–Trinajstić information content (AvgIpc) is 3.32. The molecule has 6 heteroatoms. The molecule has 0 spiro atoms. The number of nitrogens with zero attached hydrogens (tertiary/aromatic N) is 3. The van der Waals surface area contributed by atoms with Crippen molar-refractivity contribution in [1.29, 1.82) is 0 Å². The van der Waals surface area contributed by atoms with Gasteiger partial charge in [-0.15, -0.1) is 10.2 Å². The quantitative estimate of drug-likeness (QED) is 0.916. The van der Waals surface area contributed by atoms with Crippen LogP contribution in [0.4, 0.5) is 0 Å². The first-order chi connectivity index (χ1) is 11.2. The topological polar surface area (TPSA) is 73.8 Å². The van der Waals surface area contributed by atoms with Crippen LogP contribution in [0.2, 0.25) is 0 Å². The lowest BCUT2D eigenvalue weighted by molar-refractivity contribution is -0.118. The van der Waals surface area contributed by atoms with E-state index in [9.17, 15) is 4.79 Å². The molecule has 0 radical (unpaired) electrons. The fraction of sp³-hybridized carbons (Fsp3) is 0.471. The number of aryl methyl sites for hydroxylation is 1. The number of aromatic nitrogens is 3. The van der Waals surface area contributed by atoms with E-state index in [1.54, 1.807) is 11.8 Å². The number of hydrogen-bond donors (Lipinski definition) is 1. The molecule has 0 saturated heterocycles. The van der Waals surface area contributed by atoms with Crippen molar-refractivity contribution in [3.8, 4) is 0 Å². The minimum Gasteiger partial charge on any atom is -0.368 e. The first-order valence-electron chi connectivity index (χ1n) is 8.18. The summed E-state index contributed by atoms with van der Waals surface area (Å²) in [5.41, 5.74) is 8.25. The molecule has 5 nitrogen and oxygen atoms in total. The number of thioether (sulfide) groups is 1. The van der Waals surface area contributed by atoms with Gasteiger partial charge in [0.2, 0.25) is 5.91 Å². The molecule has 1 aromatic carbocycles. The molecule has 0 aliphatic heterocycles. The average molecular weight is 328 g/mol. The molecule has 0 bridgehead atoms. The van der Waals surface area contributed by atoms with E-state index >= 15 is 0 Å². The van der Waals surface area contributed by atoms with Gasteiger partial charge in [-0.25, -0.2) is 0 Å². The lowest BCUT2D eigenvalue weighted by atomic mass is 9.91. The fourth-order valence-electron chi connectivity index (χ4n) is 3.29. The molecular weight excluding hydrogens is 308 g/mol. The minimum atomic E-state index is -0.336. The molecule has 1 fully saturated rings. The van der Waals surface area contributed by atoms with E-state index < -0.39 is 0 Å². The maximum absolute atomic E-state index is 11.4. The van der Waals surface area contributed by atoms with Crippen molar-refractivity contribution in [3.05, 3.63) is 41.2 Å². The lowest BCUT2D eigenvalue weighted by Crippen LogP contribution is -2.21. The summed E-state index contributed by atoms with van der Waals surface area (Å²) < 4.78 is 1.93. The van der Waals surface area contributed by atoms with Crippen molar-refractivity contribution in [2.75, 3.05) is 0 Å². The van der Waals surface area contributed by atoms with Gasteiger partial charge in [0, 0.05) is 11.2 Å². The third-order valence-electron chi connectivity index (χ3n) is 4.56. The summed E-state index contributed by atoms with van der Waals surface area (Å²) in [6.07, 6.45) is 5.73. The number of fused-ring (bicyclic) bond motifs is 1. The minimum absolute atomic E-state index is 0.176. The molecule has 0 unspecified atom stereocenters. The van der Waals surface area contributed by atoms with Crippen molar-refractivity contribution < 1.29 is 4.79 Å². The second kappa shape index (κ2) is 6.00. The number of primary amides is 1. The number of carbonyl (C=O) groups excluding carboxylic acids is 1. The summed E-state index contributed by atoms with van der Waals surface area (Å²) >= 11 is 1.72. The third-order valence-corrected chi connectivity index (χ3v) is 5.85. The van der Waals surface area contributed by atoms with E-state index in [2.05, 4.69) is 34.5 Å². The van der Waals surface area contributed by atoms with Gasteiger partial charge in [0.15, 0.2) is 5.16 Å². The number of carbonyl (C=O) groups is 1. The van der Waals surface area contributed by atoms with Crippen LogP contribution in [-0.2, 0) is 17.8 Å². The van der Waals surface area contributed by atoms with Gasteiger partial charge in [-0.3, -0.25) is 9.36 Å². The Morgan fingerprint density at radius 3 is 2.87 bits per heavy atom. The molecule has 120 valence electrons. The Bertz CT molecular complexity index is 738. The number of amides is 1. The predicted molar refractivity (Wildman–Crippen MR) is 89.2 cm³/mol. The summed E-state index contributed by atoms with van der Waals surface area (Å²) in [7, 11) is 0. The molecule has 2 aromatic rings. The maximum atomic E-state index is 11.4. The summed E-state index contributed by atoms with van der Waals surface area (Å²) in [5.74, 6) is 1.04. The zero-order chi connectivity index (χ0) is 15.8. The number of rotatable bonds is 5. The van der Waals surface area contributed by atoms with Crippen molar-refractivity contribution in [3.63, 3.8) is 0 Å². The fourth-order valence-corrected chi connectivity index (χ4v) is 4.56. The summed E-state index contributed by atoms with van der Waals surface area (Å²) in [6.45, 7) is 0.176. The highest BCUT2D eigenvalue weighted by Crippen LogP contribution is 2.45. The van der Waals surface area contributed by atoms with E-state index in [0.717, 1.165) is 36.7 Å². The van der Waals surface area contributed by atoms with Crippen molar-refractivity contribution in [2.24, 2.45) is 5.73 Å². The van der Waals surface area contributed by atoms with Gasteiger partial charge >= 0.3 is 0 Å². The summed E-state index contributed by atoms with van der Waals surface area (Å²) in [5, 5.41) is 9.91. The van der Waals surface area contributed by atoms with Crippen LogP contribution in [0.5, 0.6) is 0 Å².